The number of aromatic amines is 1. The Hall–Kier alpha value is -2.55. The lowest BCUT2D eigenvalue weighted by Crippen LogP contribution is -2.40. The van der Waals surface area contributed by atoms with Gasteiger partial charge in [-0.25, -0.2) is 0 Å². The van der Waals surface area contributed by atoms with Crippen molar-refractivity contribution >= 4 is 16.8 Å². The number of likely N-dealkylation sites (tertiary alicyclic amines) is 1. The van der Waals surface area contributed by atoms with E-state index in [2.05, 4.69) is 55.2 Å². The molecule has 3 nitrogen and oxygen atoms in total. The Balaban J connectivity index is 1.48. The number of rotatable bonds is 3. The summed E-state index contributed by atoms with van der Waals surface area (Å²) in [4.78, 5) is 18.4. The number of fused-ring (bicyclic) bond motifs is 1. The number of hydrogen-bond acceptors (Lipinski definition) is 1. The van der Waals surface area contributed by atoms with Gasteiger partial charge in [0.15, 0.2) is 0 Å². The van der Waals surface area contributed by atoms with Crippen LogP contribution < -0.4 is 0 Å². The smallest absolute Gasteiger partial charge is 0.227 e. The molecule has 1 aromatic heterocycles. The van der Waals surface area contributed by atoms with Gasteiger partial charge in [-0.2, -0.15) is 0 Å². The summed E-state index contributed by atoms with van der Waals surface area (Å²) in [7, 11) is 0. The molecule has 1 saturated heterocycles. The van der Waals surface area contributed by atoms with Crippen LogP contribution in [0.15, 0.2) is 48.5 Å². The molecule has 0 saturated carbocycles. The number of nitrogens with zero attached hydrogens (tertiary/aromatic N) is 1. The number of H-pyrrole nitrogens is 1. The first kappa shape index (κ1) is 16.9. The molecule has 26 heavy (non-hydrogen) atoms. The molecule has 1 aliphatic heterocycles. The van der Waals surface area contributed by atoms with Gasteiger partial charge in [-0.05, 0) is 55.8 Å². The summed E-state index contributed by atoms with van der Waals surface area (Å²) in [5, 5.41) is 1.27. The van der Waals surface area contributed by atoms with E-state index in [0.29, 0.717) is 12.3 Å². The van der Waals surface area contributed by atoms with Gasteiger partial charge in [0.2, 0.25) is 5.91 Å². The molecule has 3 heteroatoms. The summed E-state index contributed by atoms with van der Waals surface area (Å²) in [5.41, 5.74) is 6.05. The largest absolute Gasteiger partial charge is 0.358 e. The zero-order valence-electron chi connectivity index (χ0n) is 15.6. The second kappa shape index (κ2) is 6.99. The van der Waals surface area contributed by atoms with Gasteiger partial charge in [-0.1, -0.05) is 41.5 Å². The van der Waals surface area contributed by atoms with Crippen molar-refractivity contribution in [3.63, 3.8) is 0 Å². The highest BCUT2D eigenvalue weighted by Crippen LogP contribution is 2.29. The van der Waals surface area contributed by atoms with Crippen LogP contribution >= 0.6 is 0 Å². The monoisotopic (exact) mass is 346 g/mol. The molecular formula is C23H26N2O. The number of nitrogens with one attached hydrogen (secondary N) is 1. The maximum absolute atomic E-state index is 12.8. The predicted octanol–water partition coefficient (Wildman–Crippen LogP) is 4.73. The van der Waals surface area contributed by atoms with Crippen LogP contribution in [0.5, 0.6) is 0 Å². The molecule has 0 aliphatic carbocycles. The van der Waals surface area contributed by atoms with Crippen LogP contribution in [0.3, 0.4) is 0 Å². The van der Waals surface area contributed by atoms with Crippen molar-refractivity contribution in [2.24, 2.45) is 0 Å². The highest BCUT2D eigenvalue weighted by atomic mass is 16.2. The molecule has 1 unspecified atom stereocenters. The van der Waals surface area contributed by atoms with Crippen molar-refractivity contribution in [3.8, 4) is 0 Å². The van der Waals surface area contributed by atoms with Crippen LogP contribution in [0.25, 0.3) is 10.9 Å². The van der Waals surface area contributed by atoms with Gasteiger partial charge in [-0.3, -0.25) is 4.79 Å². The van der Waals surface area contributed by atoms with Crippen molar-refractivity contribution < 1.29 is 4.79 Å². The highest BCUT2D eigenvalue weighted by molar-refractivity contribution is 5.81. The van der Waals surface area contributed by atoms with E-state index in [1.165, 1.54) is 27.7 Å². The summed E-state index contributed by atoms with van der Waals surface area (Å²) < 4.78 is 0. The molecule has 1 fully saturated rings. The van der Waals surface area contributed by atoms with Gasteiger partial charge in [0, 0.05) is 30.2 Å². The lowest BCUT2D eigenvalue weighted by atomic mass is 9.94. The first-order valence-corrected chi connectivity index (χ1v) is 9.51. The number of aryl methyl sites for hydroxylation is 2. The molecule has 134 valence electrons. The van der Waals surface area contributed by atoms with Crippen LogP contribution in [-0.4, -0.2) is 28.9 Å². The minimum Gasteiger partial charge on any atom is -0.358 e. The molecule has 1 amide bonds. The number of amides is 1. The summed E-state index contributed by atoms with van der Waals surface area (Å²) in [5.74, 6) is 0.644. The molecule has 0 bridgehead atoms. The second-order valence-corrected chi connectivity index (χ2v) is 7.66. The lowest BCUT2D eigenvalue weighted by Gasteiger charge is -2.32. The van der Waals surface area contributed by atoms with E-state index >= 15 is 0 Å². The Morgan fingerprint density at radius 3 is 2.81 bits per heavy atom. The summed E-state index contributed by atoms with van der Waals surface area (Å²) in [6.07, 6.45) is 2.71. The third-order valence-electron chi connectivity index (χ3n) is 5.45. The maximum Gasteiger partial charge on any atom is 0.227 e. The Morgan fingerprint density at radius 1 is 1.12 bits per heavy atom. The van der Waals surface area contributed by atoms with E-state index in [1.54, 1.807) is 0 Å². The quantitative estimate of drug-likeness (QED) is 0.731. The van der Waals surface area contributed by atoms with Crippen molar-refractivity contribution in [3.05, 3.63) is 70.9 Å². The SMILES string of the molecule is Cc1cccc(CC(=O)N2CCCC(c3cc4cc(C)ccc4[nH]3)C2)c1. The maximum atomic E-state index is 12.8. The molecule has 1 aliphatic rings. The van der Waals surface area contributed by atoms with Gasteiger partial charge in [0.05, 0.1) is 6.42 Å². The van der Waals surface area contributed by atoms with Gasteiger partial charge in [0.25, 0.3) is 0 Å². The van der Waals surface area contributed by atoms with Crippen molar-refractivity contribution in [2.45, 2.75) is 39.0 Å². The van der Waals surface area contributed by atoms with E-state index in [9.17, 15) is 4.79 Å². The third kappa shape index (κ3) is 3.52. The molecular weight excluding hydrogens is 320 g/mol. The molecule has 4 rings (SSSR count). The average molecular weight is 346 g/mol. The van der Waals surface area contributed by atoms with Crippen LogP contribution in [0.2, 0.25) is 0 Å². The Labute approximate surface area is 155 Å². The fourth-order valence-corrected chi connectivity index (χ4v) is 4.06. The predicted molar refractivity (Wildman–Crippen MR) is 106 cm³/mol. The van der Waals surface area contributed by atoms with Gasteiger partial charge in [0.1, 0.15) is 0 Å². The first-order chi connectivity index (χ1) is 12.6. The zero-order valence-corrected chi connectivity index (χ0v) is 15.6. The molecule has 2 heterocycles. The zero-order chi connectivity index (χ0) is 18.1. The van der Waals surface area contributed by atoms with E-state index in [4.69, 9.17) is 0 Å². The fraction of sp³-hybridized carbons (Fsp3) is 0.348. The molecule has 1 N–H and O–H groups in total. The van der Waals surface area contributed by atoms with Crippen LogP contribution in [0.4, 0.5) is 0 Å². The minimum atomic E-state index is 0.243. The van der Waals surface area contributed by atoms with Gasteiger partial charge in [-0.15, -0.1) is 0 Å². The standard InChI is InChI=1S/C23H26N2O/c1-16-5-3-6-18(11-16)13-23(26)25-10-4-7-19(15-25)22-14-20-12-17(2)8-9-21(20)24-22/h3,5-6,8-9,11-12,14,19,24H,4,7,10,13,15H2,1-2H3. The van der Waals surface area contributed by atoms with Gasteiger partial charge >= 0.3 is 0 Å². The Kier molecular flexibility index (Phi) is 4.54. The van der Waals surface area contributed by atoms with E-state index in [0.717, 1.165) is 31.5 Å². The van der Waals surface area contributed by atoms with Crippen LogP contribution in [-0.2, 0) is 11.2 Å². The first-order valence-electron chi connectivity index (χ1n) is 9.51. The Bertz CT molecular complexity index is 940. The average Bonchev–Trinajstić information content (AvgIpc) is 3.05. The lowest BCUT2D eigenvalue weighted by molar-refractivity contribution is -0.131. The van der Waals surface area contributed by atoms with Crippen molar-refractivity contribution in [2.75, 3.05) is 13.1 Å². The van der Waals surface area contributed by atoms with E-state index in [-0.39, 0.29) is 5.91 Å². The van der Waals surface area contributed by atoms with Crippen molar-refractivity contribution in [1.29, 1.82) is 0 Å². The summed E-state index contributed by atoms with van der Waals surface area (Å²) in [6.45, 7) is 5.89. The highest BCUT2D eigenvalue weighted by Gasteiger charge is 2.25. The molecule has 0 radical (unpaired) electrons. The number of carbonyl (C=O) groups is 1. The number of benzene rings is 2. The van der Waals surface area contributed by atoms with Crippen molar-refractivity contribution in [1.82, 2.24) is 9.88 Å². The molecule has 3 aromatic rings. The van der Waals surface area contributed by atoms with Gasteiger partial charge < -0.3 is 9.88 Å². The third-order valence-corrected chi connectivity index (χ3v) is 5.45. The number of hydrogen-bond donors (Lipinski definition) is 1. The Morgan fingerprint density at radius 2 is 1.96 bits per heavy atom. The number of aromatic nitrogens is 1. The topological polar surface area (TPSA) is 36.1 Å². The summed E-state index contributed by atoms with van der Waals surface area (Å²) in [6, 6.07) is 17.0. The number of carbonyl (C=O) groups excluding carboxylic acids is 1. The molecule has 2 aromatic carbocycles. The normalized spacial score (nSPS) is 17.6. The van der Waals surface area contributed by atoms with Crippen LogP contribution in [0, 0.1) is 13.8 Å². The van der Waals surface area contributed by atoms with E-state index < -0.39 is 0 Å². The molecule has 1 atom stereocenters. The minimum absolute atomic E-state index is 0.243. The second-order valence-electron chi connectivity index (χ2n) is 7.66. The van der Waals surface area contributed by atoms with E-state index in [1.807, 2.05) is 17.0 Å². The summed E-state index contributed by atoms with van der Waals surface area (Å²) >= 11 is 0. The molecule has 0 spiro atoms. The fourth-order valence-electron chi connectivity index (χ4n) is 4.06. The number of piperidine rings is 1. The van der Waals surface area contributed by atoms with Crippen LogP contribution in [0.1, 0.15) is 41.1 Å².